The van der Waals surface area contributed by atoms with Gasteiger partial charge in [-0.3, -0.25) is 0 Å². The van der Waals surface area contributed by atoms with Crippen LogP contribution in [0.25, 0.3) is 21.9 Å². The van der Waals surface area contributed by atoms with Crippen LogP contribution in [0.1, 0.15) is 12.0 Å². The summed E-state index contributed by atoms with van der Waals surface area (Å²) in [4.78, 5) is 11.0. The number of thiophene rings is 1. The largest absolute Gasteiger partial charge is 0.497 e. The van der Waals surface area contributed by atoms with Gasteiger partial charge in [0.15, 0.2) is 0 Å². The van der Waals surface area contributed by atoms with E-state index in [0.717, 1.165) is 65.3 Å². The lowest BCUT2D eigenvalue weighted by Gasteiger charge is -2.09. The average molecular weight is 390 g/mol. The number of nitrogens with one attached hydrogen (secondary N) is 4. The summed E-state index contributed by atoms with van der Waals surface area (Å²) in [6.45, 7) is 2.50. The first-order valence-electron chi connectivity index (χ1n) is 8.44. The van der Waals surface area contributed by atoms with Crippen LogP contribution in [0.4, 0.5) is 5.95 Å². The van der Waals surface area contributed by atoms with Gasteiger partial charge in [-0.2, -0.15) is 0 Å². The minimum atomic E-state index is 0.711. The molecule has 4 rings (SSSR count). The normalized spacial score (nSPS) is 11.5. The van der Waals surface area contributed by atoms with Crippen molar-refractivity contribution in [2.45, 2.75) is 13.0 Å². The smallest absolute Gasteiger partial charge is 0.201 e. The molecule has 3 heterocycles. The van der Waals surface area contributed by atoms with Crippen molar-refractivity contribution in [3.8, 4) is 5.75 Å². The number of ether oxygens (including phenoxy) is 1. The Labute approximate surface area is 159 Å². The fraction of sp³-hybridized carbons (Fsp3) is 0.278. The van der Waals surface area contributed by atoms with Gasteiger partial charge < -0.3 is 25.3 Å². The van der Waals surface area contributed by atoms with E-state index in [9.17, 15) is 0 Å². The molecule has 0 bridgehead atoms. The number of fused-ring (bicyclic) bond motifs is 2. The van der Waals surface area contributed by atoms with E-state index in [-0.39, 0.29) is 0 Å². The first-order chi connectivity index (χ1) is 12.7. The Hall–Kier alpha value is -2.22. The van der Waals surface area contributed by atoms with Crippen molar-refractivity contribution in [2.75, 3.05) is 25.5 Å². The number of halogens is 1. The number of rotatable bonds is 8. The Morgan fingerprint density at radius 1 is 1.27 bits per heavy atom. The Balaban J connectivity index is 1.28. The number of aromatic nitrogens is 3. The van der Waals surface area contributed by atoms with Gasteiger partial charge in [0.1, 0.15) is 11.3 Å². The number of aromatic amines is 2. The standard InChI is InChI=1S/C18H20ClN5OS/c1-25-12-5-11(17-13(6-12)14(19)8-22-17)7-20-3-2-4-21-18-23-15-9-26-10-16(15)24-18/h5-6,8-10,20,22H,2-4,7H2,1H3,(H2,21,23,24). The van der Waals surface area contributed by atoms with Crippen molar-refractivity contribution in [1.82, 2.24) is 20.3 Å². The summed E-state index contributed by atoms with van der Waals surface area (Å²) < 4.78 is 5.38. The van der Waals surface area contributed by atoms with E-state index in [2.05, 4.69) is 31.0 Å². The number of nitrogens with zero attached hydrogens (tertiary/aromatic N) is 1. The molecule has 0 spiro atoms. The lowest BCUT2D eigenvalue weighted by Crippen LogP contribution is -2.18. The quantitative estimate of drug-likeness (QED) is 0.338. The van der Waals surface area contributed by atoms with E-state index in [1.54, 1.807) is 18.4 Å². The molecule has 0 aliphatic rings. The highest BCUT2D eigenvalue weighted by molar-refractivity contribution is 7.09. The van der Waals surface area contributed by atoms with Crippen LogP contribution in [0.3, 0.4) is 0 Å². The summed E-state index contributed by atoms with van der Waals surface area (Å²) in [6, 6.07) is 3.99. The third-order valence-corrected chi connectivity index (χ3v) is 5.34. The number of imidazole rings is 1. The maximum absolute atomic E-state index is 6.23. The van der Waals surface area contributed by atoms with Gasteiger partial charge in [-0.05, 0) is 30.7 Å². The van der Waals surface area contributed by atoms with Crippen LogP contribution in [-0.4, -0.2) is 35.2 Å². The van der Waals surface area contributed by atoms with Gasteiger partial charge in [0.05, 0.1) is 23.2 Å². The number of methoxy groups -OCH3 is 1. The molecule has 0 atom stereocenters. The second-order valence-corrected chi connectivity index (χ2v) is 7.21. The molecule has 1 aromatic carbocycles. The molecule has 6 nitrogen and oxygen atoms in total. The average Bonchev–Trinajstić information content (AvgIpc) is 3.33. The molecule has 0 radical (unpaired) electrons. The summed E-state index contributed by atoms with van der Waals surface area (Å²) in [6.07, 6.45) is 2.80. The molecule has 0 aliphatic carbocycles. The van der Waals surface area contributed by atoms with Crippen LogP contribution in [0.2, 0.25) is 5.02 Å². The van der Waals surface area contributed by atoms with Crippen molar-refractivity contribution >= 4 is 50.8 Å². The molecule has 0 fully saturated rings. The van der Waals surface area contributed by atoms with Crippen molar-refractivity contribution in [1.29, 1.82) is 0 Å². The Morgan fingerprint density at radius 3 is 3.04 bits per heavy atom. The second kappa shape index (κ2) is 7.57. The number of H-pyrrole nitrogens is 2. The zero-order valence-corrected chi connectivity index (χ0v) is 15.9. The van der Waals surface area contributed by atoms with Crippen molar-refractivity contribution < 1.29 is 4.74 Å². The minimum Gasteiger partial charge on any atom is -0.497 e. The van der Waals surface area contributed by atoms with Gasteiger partial charge in [0.2, 0.25) is 5.95 Å². The Kier molecular flexibility index (Phi) is 5.01. The Morgan fingerprint density at radius 2 is 2.19 bits per heavy atom. The van der Waals surface area contributed by atoms with Gasteiger partial charge in [-0.25, -0.2) is 4.98 Å². The van der Waals surface area contributed by atoms with Gasteiger partial charge in [-0.15, -0.1) is 11.3 Å². The number of anilines is 1. The summed E-state index contributed by atoms with van der Waals surface area (Å²) in [5.41, 5.74) is 4.30. The zero-order chi connectivity index (χ0) is 17.9. The van der Waals surface area contributed by atoms with Crippen LogP contribution in [0.15, 0.2) is 29.1 Å². The van der Waals surface area contributed by atoms with Crippen LogP contribution >= 0.6 is 22.9 Å². The van der Waals surface area contributed by atoms with E-state index >= 15 is 0 Å². The van der Waals surface area contributed by atoms with Crippen molar-refractivity contribution in [3.63, 3.8) is 0 Å². The van der Waals surface area contributed by atoms with E-state index in [1.165, 1.54) is 0 Å². The lowest BCUT2D eigenvalue weighted by molar-refractivity contribution is 0.414. The first kappa shape index (κ1) is 17.2. The molecule has 8 heteroatoms. The first-order valence-corrected chi connectivity index (χ1v) is 9.76. The van der Waals surface area contributed by atoms with E-state index < -0.39 is 0 Å². The van der Waals surface area contributed by atoms with Gasteiger partial charge in [0, 0.05) is 35.4 Å². The van der Waals surface area contributed by atoms with E-state index in [0.29, 0.717) is 5.02 Å². The van der Waals surface area contributed by atoms with E-state index in [4.69, 9.17) is 16.3 Å². The fourth-order valence-corrected chi connectivity index (χ4v) is 3.87. The predicted molar refractivity (Wildman–Crippen MR) is 109 cm³/mol. The fourth-order valence-electron chi connectivity index (χ4n) is 2.98. The summed E-state index contributed by atoms with van der Waals surface area (Å²) in [5, 5.41) is 12.6. The third kappa shape index (κ3) is 3.51. The molecular formula is C18H20ClN5OS. The van der Waals surface area contributed by atoms with Crippen LogP contribution in [0.5, 0.6) is 5.75 Å². The molecule has 0 amide bonds. The number of hydrogen-bond donors (Lipinski definition) is 4. The van der Waals surface area contributed by atoms with Gasteiger partial charge in [-0.1, -0.05) is 11.6 Å². The van der Waals surface area contributed by atoms with Crippen molar-refractivity contribution in [3.05, 3.63) is 39.7 Å². The van der Waals surface area contributed by atoms with Gasteiger partial charge >= 0.3 is 0 Å². The molecule has 4 aromatic rings. The molecule has 3 aromatic heterocycles. The molecule has 0 saturated carbocycles. The number of benzene rings is 1. The third-order valence-electron chi connectivity index (χ3n) is 4.29. The van der Waals surface area contributed by atoms with Gasteiger partial charge in [0.25, 0.3) is 0 Å². The highest BCUT2D eigenvalue weighted by Crippen LogP contribution is 2.30. The molecule has 0 aliphatic heterocycles. The molecule has 0 saturated heterocycles. The molecule has 4 N–H and O–H groups in total. The predicted octanol–water partition coefficient (Wildman–Crippen LogP) is 4.36. The van der Waals surface area contributed by atoms with E-state index in [1.807, 2.05) is 23.7 Å². The second-order valence-electron chi connectivity index (χ2n) is 6.06. The highest BCUT2D eigenvalue weighted by atomic mass is 35.5. The summed E-state index contributed by atoms with van der Waals surface area (Å²) in [7, 11) is 1.67. The minimum absolute atomic E-state index is 0.711. The number of hydrogen-bond acceptors (Lipinski definition) is 5. The molecule has 136 valence electrons. The Bertz CT molecular complexity index is 993. The molecule has 26 heavy (non-hydrogen) atoms. The molecular weight excluding hydrogens is 370 g/mol. The topological polar surface area (TPSA) is 77.8 Å². The highest BCUT2D eigenvalue weighted by Gasteiger charge is 2.09. The molecule has 0 unspecified atom stereocenters. The lowest BCUT2D eigenvalue weighted by atomic mass is 10.1. The van der Waals surface area contributed by atoms with Crippen LogP contribution in [-0.2, 0) is 6.54 Å². The SMILES string of the molecule is COc1cc(CNCCCNc2nc3cscc3[nH]2)c2[nH]cc(Cl)c2c1. The maximum Gasteiger partial charge on any atom is 0.201 e. The maximum atomic E-state index is 6.23. The zero-order valence-electron chi connectivity index (χ0n) is 14.4. The monoisotopic (exact) mass is 389 g/mol. The van der Waals surface area contributed by atoms with Crippen molar-refractivity contribution in [2.24, 2.45) is 0 Å². The van der Waals surface area contributed by atoms with Crippen LogP contribution in [0, 0.1) is 0 Å². The summed E-state index contributed by atoms with van der Waals surface area (Å²) >= 11 is 7.89. The van der Waals surface area contributed by atoms with Crippen LogP contribution < -0.4 is 15.4 Å². The summed E-state index contributed by atoms with van der Waals surface area (Å²) in [5.74, 6) is 1.65.